The molecule has 1 aliphatic carbocycles. The zero-order valence-electron chi connectivity index (χ0n) is 15.5. The number of nitrogens with one attached hydrogen (secondary N) is 2. The summed E-state index contributed by atoms with van der Waals surface area (Å²) in [5, 5.41) is 0. The van der Waals surface area contributed by atoms with Gasteiger partial charge in [-0.15, -0.1) is 0 Å². The minimum absolute atomic E-state index is 0.195. The van der Waals surface area contributed by atoms with Crippen molar-refractivity contribution in [1.29, 1.82) is 0 Å². The maximum Gasteiger partial charge on any atom is 0.293 e. The Morgan fingerprint density at radius 1 is 1.14 bits per heavy atom. The number of ether oxygens (including phenoxy) is 1. The summed E-state index contributed by atoms with van der Waals surface area (Å²) in [6.45, 7) is 0. The summed E-state index contributed by atoms with van der Waals surface area (Å²) >= 11 is 0. The van der Waals surface area contributed by atoms with Crippen LogP contribution in [0.5, 0.6) is 5.75 Å². The Balaban J connectivity index is 1.49. The van der Waals surface area contributed by atoms with Crippen LogP contribution >= 0.6 is 0 Å². The first-order valence-corrected chi connectivity index (χ1v) is 9.20. The van der Waals surface area contributed by atoms with Crippen LogP contribution in [-0.2, 0) is 9.59 Å². The number of amides is 2. The summed E-state index contributed by atoms with van der Waals surface area (Å²) in [5.41, 5.74) is 8.03. The molecule has 2 amide bonds. The molecule has 2 aliphatic rings. The predicted molar refractivity (Wildman–Crippen MR) is 108 cm³/mol. The second-order valence-corrected chi connectivity index (χ2v) is 6.85. The fraction of sp³-hybridized carbons (Fsp3) is 0.182. The topological polar surface area (TPSA) is 70.7 Å². The monoisotopic (exact) mass is 375 g/mol. The van der Waals surface area contributed by atoms with Gasteiger partial charge < -0.3 is 9.64 Å². The van der Waals surface area contributed by atoms with Crippen molar-refractivity contribution in [2.45, 2.75) is 18.9 Å². The summed E-state index contributed by atoms with van der Waals surface area (Å²) in [4.78, 5) is 26.0. The molecule has 4 rings (SSSR count). The summed E-state index contributed by atoms with van der Waals surface area (Å²) in [7, 11) is 1.73. The number of hydrazine groups is 1. The molecule has 1 saturated carbocycles. The molecule has 0 radical (unpaired) electrons. The van der Waals surface area contributed by atoms with E-state index in [-0.39, 0.29) is 17.6 Å². The number of fused-ring (bicyclic) bond motifs is 1. The third kappa shape index (κ3) is 4.13. The molecular formula is C22H21N3O3. The molecule has 6 heteroatoms. The zero-order chi connectivity index (χ0) is 19.5. The van der Waals surface area contributed by atoms with Gasteiger partial charge in [-0.3, -0.25) is 15.0 Å². The molecule has 2 aromatic rings. The molecular weight excluding hydrogens is 354 g/mol. The third-order valence-electron chi connectivity index (χ3n) is 4.57. The van der Waals surface area contributed by atoms with Crippen LogP contribution in [0, 0.1) is 0 Å². The molecule has 0 atom stereocenters. The number of hydrogen-bond acceptors (Lipinski definition) is 4. The van der Waals surface area contributed by atoms with Gasteiger partial charge in [-0.25, -0.2) is 5.43 Å². The number of benzene rings is 2. The largest absolute Gasteiger partial charge is 0.449 e. The molecule has 142 valence electrons. The molecule has 0 bridgehead atoms. The summed E-state index contributed by atoms with van der Waals surface area (Å²) in [6, 6.07) is 15.4. The van der Waals surface area contributed by atoms with E-state index in [2.05, 4.69) is 10.9 Å². The van der Waals surface area contributed by atoms with E-state index in [1.165, 1.54) is 6.08 Å². The van der Waals surface area contributed by atoms with Crippen molar-refractivity contribution in [3.8, 4) is 5.75 Å². The number of hydrogen-bond donors (Lipinski definition) is 2. The Kier molecular flexibility index (Phi) is 4.95. The van der Waals surface area contributed by atoms with Crippen molar-refractivity contribution in [2.75, 3.05) is 11.9 Å². The summed E-state index contributed by atoms with van der Waals surface area (Å²) in [6.07, 6.45) is 7.12. The molecule has 28 heavy (non-hydrogen) atoms. The predicted octanol–water partition coefficient (Wildman–Crippen LogP) is 2.88. The summed E-state index contributed by atoms with van der Waals surface area (Å²) in [5.74, 6) is 0.505. The highest BCUT2D eigenvalue weighted by atomic mass is 16.5. The third-order valence-corrected chi connectivity index (χ3v) is 4.57. The lowest BCUT2D eigenvalue weighted by molar-refractivity contribution is -0.118. The van der Waals surface area contributed by atoms with Gasteiger partial charge in [0, 0.05) is 19.2 Å². The Labute approximate surface area is 163 Å². The minimum atomic E-state index is -0.204. The standard InChI is InChI=1S/C22H21N3O3/c1-25-18-7-2-3-8-19(18)28-20(22(25)27)14-16-6-4-5-15(13-16)9-12-21(26)24-23-17-10-11-17/h2-9,12-14,17,23H,10-11H2,1H3,(H,24,26)/b12-9+,20-14-. The van der Waals surface area contributed by atoms with Crippen LogP contribution in [0.3, 0.4) is 0 Å². The Morgan fingerprint density at radius 2 is 1.93 bits per heavy atom. The van der Waals surface area contributed by atoms with Gasteiger partial charge in [-0.2, -0.15) is 0 Å². The number of rotatable bonds is 5. The Morgan fingerprint density at radius 3 is 2.75 bits per heavy atom. The molecule has 2 aromatic carbocycles. The van der Waals surface area contributed by atoms with E-state index in [0.29, 0.717) is 11.8 Å². The van der Waals surface area contributed by atoms with Crippen molar-refractivity contribution in [3.63, 3.8) is 0 Å². The van der Waals surface area contributed by atoms with Crippen LogP contribution in [0.2, 0.25) is 0 Å². The van der Waals surface area contributed by atoms with Crippen molar-refractivity contribution in [1.82, 2.24) is 10.9 Å². The maximum atomic E-state index is 12.6. The number of likely N-dealkylation sites (N-methyl/N-ethyl adjacent to an activating group) is 1. The highest BCUT2D eigenvalue weighted by molar-refractivity contribution is 6.09. The molecule has 1 heterocycles. The van der Waals surface area contributed by atoms with Crippen LogP contribution in [0.1, 0.15) is 24.0 Å². The van der Waals surface area contributed by atoms with E-state index in [4.69, 9.17) is 4.74 Å². The molecule has 6 nitrogen and oxygen atoms in total. The highest BCUT2D eigenvalue weighted by Crippen LogP contribution is 2.34. The number of para-hydroxylation sites is 2. The van der Waals surface area contributed by atoms with Gasteiger partial charge >= 0.3 is 0 Å². The van der Waals surface area contributed by atoms with Crippen LogP contribution < -0.4 is 20.5 Å². The second-order valence-electron chi connectivity index (χ2n) is 6.85. The van der Waals surface area contributed by atoms with E-state index >= 15 is 0 Å². The molecule has 2 N–H and O–H groups in total. The number of anilines is 1. The normalized spacial score (nSPS) is 17.5. The maximum absolute atomic E-state index is 12.6. The van der Waals surface area contributed by atoms with Gasteiger partial charge in [0.05, 0.1) is 5.69 Å². The lowest BCUT2D eigenvalue weighted by atomic mass is 10.1. The fourth-order valence-corrected chi connectivity index (χ4v) is 2.87. The van der Waals surface area contributed by atoms with Gasteiger partial charge in [0.2, 0.25) is 0 Å². The van der Waals surface area contributed by atoms with Crippen LogP contribution in [0.15, 0.2) is 60.4 Å². The first-order valence-electron chi connectivity index (χ1n) is 9.20. The SMILES string of the molecule is CN1C(=O)/C(=C/c2cccc(/C=C/C(=O)NNC3CC3)c2)Oc2ccccc21. The number of carbonyl (C=O) groups excluding carboxylic acids is 2. The quantitative estimate of drug-likeness (QED) is 0.623. The molecule has 1 aliphatic heterocycles. The molecule has 0 unspecified atom stereocenters. The van der Waals surface area contributed by atoms with Gasteiger partial charge in [0.15, 0.2) is 11.5 Å². The molecule has 1 fully saturated rings. The van der Waals surface area contributed by atoms with E-state index in [0.717, 1.165) is 29.7 Å². The fourth-order valence-electron chi connectivity index (χ4n) is 2.87. The smallest absolute Gasteiger partial charge is 0.293 e. The minimum Gasteiger partial charge on any atom is -0.449 e. The van der Waals surface area contributed by atoms with Crippen LogP contribution in [0.25, 0.3) is 12.2 Å². The summed E-state index contributed by atoms with van der Waals surface area (Å²) < 4.78 is 5.80. The van der Waals surface area contributed by atoms with Gasteiger partial charge in [-0.05, 0) is 54.3 Å². The van der Waals surface area contributed by atoms with Gasteiger partial charge in [0.1, 0.15) is 0 Å². The molecule has 0 saturated heterocycles. The molecule has 0 spiro atoms. The first kappa shape index (κ1) is 18.0. The van der Waals surface area contributed by atoms with E-state index in [1.807, 2.05) is 48.5 Å². The van der Waals surface area contributed by atoms with Crippen molar-refractivity contribution in [3.05, 3.63) is 71.5 Å². The number of carbonyl (C=O) groups is 2. The van der Waals surface area contributed by atoms with Crippen LogP contribution in [-0.4, -0.2) is 24.9 Å². The second kappa shape index (κ2) is 7.70. The van der Waals surface area contributed by atoms with E-state index in [1.54, 1.807) is 24.1 Å². The Bertz CT molecular complexity index is 976. The molecule has 0 aromatic heterocycles. The first-order chi connectivity index (χ1) is 13.6. The van der Waals surface area contributed by atoms with E-state index < -0.39 is 0 Å². The average Bonchev–Trinajstić information content (AvgIpc) is 3.54. The number of nitrogens with zero attached hydrogens (tertiary/aromatic N) is 1. The van der Waals surface area contributed by atoms with Crippen molar-refractivity contribution < 1.29 is 14.3 Å². The zero-order valence-corrected chi connectivity index (χ0v) is 15.5. The average molecular weight is 375 g/mol. The van der Waals surface area contributed by atoms with Crippen LogP contribution in [0.4, 0.5) is 5.69 Å². The van der Waals surface area contributed by atoms with Crippen molar-refractivity contribution >= 4 is 29.7 Å². The lowest BCUT2D eigenvalue weighted by Gasteiger charge is -2.27. The van der Waals surface area contributed by atoms with Crippen molar-refractivity contribution in [2.24, 2.45) is 0 Å². The van der Waals surface area contributed by atoms with E-state index in [9.17, 15) is 9.59 Å². The Hall–Kier alpha value is -3.38. The lowest BCUT2D eigenvalue weighted by Crippen LogP contribution is -2.37. The van der Waals surface area contributed by atoms with Gasteiger partial charge in [0.25, 0.3) is 11.8 Å². The van der Waals surface area contributed by atoms with Gasteiger partial charge in [-0.1, -0.05) is 30.3 Å². The highest BCUT2D eigenvalue weighted by Gasteiger charge is 2.27.